The van der Waals surface area contributed by atoms with Gasteiger partial charge in [0.05, 0.1) is 0 Å². The molecule has 1 unspecified atom stereocenters. The molecule has 0 saturated heterocycles. The van der Waals surface area contributed by atoms with Crippen LogP contribution in [0.1, 0.15) is 39.5 Å². The second-order valence-electron chi connectivity index (χ2n) is 3.43. The van der Waals surface area contributed by atoms with E-state index in [1.165, 1.54) is 25.7 Å². The van der Waals surface area contributed by atoms with Crippen molar-refractivity contribution in [1.29, 1.82) is 0 Å². The molecule has 0 amide bonds. The third kappa shape index (κ3) is 2.92. The third-order valence-electron chi connectivity index (χ3n) is 2.35. The van der Waals surface area contributed by atoms with Gasteiger partial charge in [-0.3, -0.25) is 0 Å². The van der Waals surface area contributed by atoms with Gasteiger partial charge in [0.1, 0.15) is 0 Å². The number of alkyl halides is 1. The highest BCUT2D eigenvalue weighted by molar-refractivity contribution is 14.1. The van der Waals surface area contributed by atoms with Crippen molar-refractivity contribution in [3.8, 4) is 0 Å². The van der Waals surface area contributed by atoms with E-state index in [2.05, 4.69) is 48.6 Å². The number of hydrogen-bond acceptors (Lipinski definition) is 0. The van der Waals surface area contributed by atoms with E-state index < -0.39 is 0 Å². The van der Waals surface area contributed by atoms with E-state index in [9.17, 15) is 0 Å². The molecule has 0 fully saturated rings. The van der Waals surface area contributed by atoms with Gasteiger partial charge in [-0.25, -0.2) is 0 Å². The summed E-state index contributed by atoms with van der Waals surface area (Å²) in [6.07, 6.45) is 9.82. The summed E-state index contributed by atoms with van der Waals surface area (Å²) < 4.78 is 0.710. The average Bonchev–Trinajstić information content (AvgIpc) is 2.06. The molecule has 0 saturated carbocycles. The molecule has 1 aliphatic rings. The fraction of sp³-hybridized carbons (Fsp3) is 0.636. The van der Waals surface area contributed by atoms with Gasteiger partial charge in [-0.2, -0.15) is 0 Å². The first-order chi connectivity index (χ1) is 5.74. The second kappa shape index (κ2) is 5.05. The zero-order valence-corrected chi connectivity index (χ0v) is 10.1. The fourth-order valence-electron chi connectivity index (χ4n) is 1.56. The molecule has 0 aromatic heterocycles. The lowest BCUT2D eigenvalue weighted by atomic mass is 9.94. The largest absolute Gasteiger partial charge is 0.0781 e. The van der Waals surface area contributed by atoms with Crippen molar-refractivity contribution < 1.29 is 0 Å². The smallest absolute Gasteiger partial charge is 0.0293 e. The van der Waals surface area contributed by atoms with Crippen LogP contribution in [0.2, 0.25) is 0 Å². The van der Waals surface area contributed by atoms with Gasteiger partial charge in [-0.05, 0) is 26.2 Å². The normalized spacial score (nSPS) is 19.9. The molecule has 0 aromatic carbocycles. The van der Waals surface area contributed by atoms with Crippen molar-refractivity contribution in [2.24, 2.45) is 0 Å². The molecule has 0 heterocycles. The van der Waals surface area contributed by atoms with Crippen LogP contribution in [-0.2, 0) is 0 Å². The molecule has 0 bridgehead atoms. The summed E-state index contributed by atoms with van der Waals surface area (Å²) in [5.41, 5.74) is 3.24. The van der Waals surface area contributed by atoms with Crippen LogP contribution in [0, 0.1) is 0 Å². The van der Waals surface area contributed by atoms with Crippen LogP contribution in [-0.4, -0.2) is 3.92 Å². The van der Waals surface area contributed by atoms with E-state index in [0.29, 0.717) is 3.92 Å². The first-order valence-electron chi connectivity index (χ1n) is 4.76. The Balaban J connectivity index is 2.54. The topological polar surface area (TPSA) is 0 Å². The molecular weight excluding hydrogens is 259 g/mol. The van der Waals surface area contributed by atoms with Gasteiger partial charge in [-0.15, -0.1) is 0 Å². The molecule has 1 atom stereocenters. The maximum absolute atomic E-state index is 2.49. The summed E-state index contributed by atoms with van der Waals surface area (Å²) in [5.74, 6) is 0. The summed E-state index contributed by atoms with van der Waals surface area (Å²) in [6.45, 7) is 4.52. The van der Waals surface area contributed by atoms with Crippen LogP contribution in [0.15, 0.2) is 23.3 Å². The Bertz CT molecular complexity index is 199. The van der Waals surface area contributed by atoms with Crippen molar-refractivity contribution in [1.82, 2.24) is 0 Å². The third-order valence-corrected chi connectivity index (χ3v) is 3.15. The van der Waals surface area contributed by atoms with Crippen molar-refractivity contribution in [3.05, 3.63) is 23.3 Å². The zero-order valence-electron chi connectivity index (χ0n) is 7.94. The van der Waals surface area contributed by atoms with E-state index in [1.807, 2.05) is 0 Å². The lowest BCUT2D eigenvalue weighted by Crippen LogP contribution is -2.01. The molecule has 1 rings (SSSR count). The molecule has 0 aromatic rings. The Hall–Kier alpha value is 0.210. The molecule has 0 aliphatic heterocycles. The average molecular weight is 276 g/mol. The Labute approximate surface area is 89.3 Å². The second-order valence-corrected chi connectivity index (χ2v) is 5.30. The lowest BCUT2D eigenvalue weighted by molar-refractivity contribution is 0.791. The van der Waals surface area contributed by atoms with E-state index in [-0.39, 0.29) is 0 Å². The van der Waals surface area contributed by atoms with Crippen molar-refractivity contribution in [3.63, 3.8) is 0 Å². The minimum absolute atomic E-state index is 0.710. The van der Waals surface area contributed by atoms with Crippen LogP contribution in [0.5, 0.6) is 0 Å². The highest BCUT2D eigenvalue weighted by Gasteiger charge is 2.08. The van der Waals surface area contributed by atoms with Crippen LogP contribution < -0.4 is 0 Å². The molecule has 1 heteroatoms. The van der Waals surface area contributed by atoms with Gasteiger partial charge in [0.25, 0.3) is 0 Å². The maximum atomic E-state index is 2.49. The van der Waals surface area contributed by atoms with Crippen molar-refractivity contribution in [2.45, 2.75) is 43.5 Å². The summed E-state index contributed by atoms with van der Waals surface area (Å²) in [4.78, 5) is 0. The zero-order chi connectivity index (χ0) is 8.97. The number of allylic oxidation sites excluding steroid dienone is 4. The maximum Gasteiger partial charge on any atom is 0.0293 e. The summed E-state index contributed by atoms with van der Waals surface area (Å²) in [6, 6.07) is 0. The molecule has 0 spiro atoms. The quantitative estimate of drug-likeness (QED) is 0.534. The molecule has 0 nitrogen and oxygen atoms in total. The predicted octanol–water partition coefficient (Wildman–Crippen LogP) is 4.26. The first-order valence-corrected chi connectivity index (χ1v) is 6.01. The van der Waals surface area contributed by atoms with Gasteiger partial charge in [0.15, 0.2) is 0 Å². The minimum atomic E-state index is 0.710. The summed E-state index contributed by atoms with van der Waals surface area (Å²) >= 11 is 2.49. The predicted molar refractivity (Wildman–Crippen MR) is 63.8 cm³/mol. The van der Waals surface area contributed by atoms with Crippen LogP contribution in [0.4, 0.5) is 0 Å². The monoisotopic (exact) mass is 276 g/mol. The summed E-state index contributed by atoms with van der Waals surface area (Å²) in [7, 11) is 0. The molecule has 12 heavy (non-hydrogen) atoms. The molecule has 68 valence electrons. The van der Waals surface area contributed by atoms with Gasteiger partial charge in [0.2, 0.25) is 0 Å². The van der Waals surface area contributed by atoms with E-state index in [1.54, 1.807) is 11.1 Å². The highest BCUT2D eigenvalue weighted by atomic mass is 127. The molecule has 1 aliphatic carbocycles. The number of hydrogen-bond donors (Lipinski definition) is 0. The van der Waals surface area contributed by atoms with E-state index in [0.717, 1.165) is 0 Å². The SMILES string of the molecule is CCCC1=CC=C(C(C)I)CC1. The van der Waals surface area contributed by atoms with Crippen molar-refractivity contribution >= 4 is 22.6 Å². The number of rotatable bonds is 3. The van der Waals surface area contributed by atoms with Crippen molar-refractivity contribution in [2.75, 3.05) is 0 Å². The standard InChI is InChI=1S/C11H17I/c1-3-4-10-5-7-11(8-6-10)9(2)12/h5,7,9H,3-4,6,8H2,1-2H3. The molecule has 0 N–H and O–H groups in total. The Kier molecular flexibility index (Phi) is 4.33. The number of halogens is 1. The summed E-state index contributed by atoms with van der Waals surface area (Å²) in [5, 5.41) is 0. The Morgan fingerprint density at radius 2 is 2.17 bits per heavy atom. The lowest BCUT2D eigenvalue weighted by Gasteiger charge is -2.15. The van der Waals surface area contributed by atoms with Gasteiger partial charge in [-0.1, -0.05) is 59.2 Å². The molecular formula is C11H17I. The highest BCUT2D eigenvalue weighted by Crippen LogP contribution is 2.26. The first kappa shape index (κ1) is 10.3. The molecule has 0 radical (unpaired) electrons. The Morgan fingerprint density at radius 3 is 2.58 bits per heavy atom. The van der Waals surface area contributed by atoms with Gasteiger partial charge in [0, 0.05) is 3.92 Å². The van der Waals surface area contributed by atoms with Crippen LogP contribution >= 0.6 is 22.6 Å². The minimum Gasteiger partial charge on any atom is -0.0781 e. The Morgan fingerprint density at radius 1 is 1.42 bits per heavy atom. The van der Waals surface area contributed by atoms with E-state index >= 15 is 0 Å². The van der Waals surface area contributed by atoms with Crippen LogP contribution in [0.25, 0.3) is 0 Å². The van der Waals surface area contributed by atoms with Gasteiger partial charge >= 0.3 is 0 Å². The van der Waals surface area contributed by atoms with Crippen LogP contribution in [0.3, 0.4) is 0 Å². The fourth-order valence-corrected chi connectivity index (χ4v) is 2.08. The van der Waals surface area contributed by atoms with E-state index in [4.69, 9.17) is 0 Å². The van der Waals surface area contributed by atoms with Gasteiger partial charge < -0.3 is 0 Å².